The molecule has 2 N–H and O–H groups in total. The van der Waals surface area contributed by atoms with Gasteiger partial charge in [0.15, 0.2) is 0 Å². The second kappa shape index (κ2) is 6.15. The average Bonchev–Trinajstić information content (AvgIpc) is 3.20. The maximum absolute atomic E-state index is 12.2. The van der Waals surface area contributed by atoms with Gasteiger partial charge < -0.3 is 10.6 Å². The third kappa shape index (κ3) is 4.03. The topological polar surface area (TPSA) is 59.2 Å². The van der Waals surface area contributed by atoms with Crippen molar-refractivity contribution in [2.24, 2.45) is 11.7 Å². The van der Waals surface area contributed by atoms with E-state index in [2.05, 4.69) is 4.98 Å². The van der Waals surface area contributed by atoms with Crippen molar-refractivity contribution in [1.82, 2.24) is 9.88 Å². The molecular weight excluding hydrogens is 238 g/mol. The van der Waals surface area contributed by atoms with Crippen molar-refractivity contribution in [3.8, 4) is 0 Å². The van der Waals surface area contributed by atoms with Crippen LogP contribution in [0.15, 0.2) is 18.2 Å². The first-order chi connectivity index (χ1) is 9.10. The lowest BCUT2D eigenvalue weighted by Gasteiger charge is -2.22. The molecule has 1 fully saturated rings. The van der Waals surface area contributed by atoms with E-state index in [1.807, 2.05) is 36.9 Å². The van der Waals surface area contributed by atoms with Crippen LogP contribution >= 0.6 is 0 Å². The minimum absolute atomic E-state index is 0.0343. The highest BCUT2D eigenvalue weighted by molar-refractivity contribution is 5.76. The Morgan fingerprint density at radius 1 is 1.53 bits per heavy atom. The summed E-state index contributed by atoms with van der Waals surface area (Å²) in [6.45, 7) is 5.24. The van der Waals surface area contributed by atoms with Crippen LogP contribution in [0.1, 0.15) is 37.6 Å². The summed E-state index contributed by atoms with van der Waals surface area (Å²) in [7, 11) is 0. The summed E-state index contributed by atoms with van der Waals surface area (Å²) in [5, 5.41) is 0. The number of carbonyl (C=O) groups is 1. The zero-order valence-electron chi connectivity index (χ0n) is 11.8. The second-order valence-electron chi connectivity index (χ2n) is 5.38. The van der Waals surface area contributed by atoms with E-state index in [1.165, 1.54) is 12.8 Å². The van der Waals surface area contributed by atoms with Gasteiger partial charge in [0.1, 0.15) is 0 Å². The smallest absolute Gasteiger partial charge is 0.224 e. The predicted octanol–water partition coefficient (Wildman–Crippen LogP) is 1.87. The highest BCUT2D eigenvalue weighted by Gasteiger charge is 2.30. The van der Waals surface area contributed by atoms with Crippen molar-refractivity contribution >= 4 is 5.91 Å². The summed E-state index contributed by atoms with van der Waals surface area (Å²) in [6, 6.07) is 5.94. The van der Waals surface area contributed by atoms with E-state index in [0.717, 1.165) is 11.4 Å². The van der Waals surface area contributed by atoms with Crippen molar-refractivity contribution < 1.29 is 4.79 Å². The van der Waals surface area contributed by atoms with Crippen LogP contribution in [0.5, 0.6) is 0 Å². The van der Waals surface area contributed by atoms with Gasteiger partial charge in [0, 0.05) is 24.7 Å². The van der Waals surface area contributed by atoms with Crippen molar-refractivity contribution in [3.05, 3.63) is 29.6 Å². The number of hydrogen-bond acceptors (Lipinski definition) is 3. The van der Waals surface area contributed by atoms with Crippen molar-refractivity contribution in [3.63, 3.8) is 0 Å². The van der Waals surface area contributed by atoms with Crippen LogP contribution in [0.25, 0.3) is 0 Å². The van der Waals surface area contributed by atoms with Crippen molar-refractivity contribution in [1.29, 1.82) is 0 Å². The van der Waals surface area contributed by atoms with Crippen LogP contribution in [0.3, 0.4) is 0 Å². The highest BCUT2D eigenvalue weighted by atomic mass is 16.2. The average molecular weight is 261 g/mol. The summed E-state index contributed by atoms with van der Waals surface area (Å²) in [5.41, 5.74) is 7.95. The number of aryl methyl sites for hydroxylation is 1. The van der Waals surface area contributed by atoms with E-state index >= 15 is 0 Å². The first-order valence-corrected chi connectivity index (χ1v) is 7.06. The molecular formula is C15H23N3O. The zero-order chi connectivity index (χ0) is 13.8. The molecule has 1 aromatic heterocycles. The van der Waals surface area contributed by atoms with Gasteiger partial charge in [-0.05, 0) is 44.7 Å². The fraction of sp³-hybridized carbons (Fsp3) is 0.600. The molecule has 1 unspecified atom stereocenters. The van der Waals surface area contributed by atoms with Crippen LogP contribution in [0.4, 0.5) is 0 Å². The molecule has 0 aromatic carbocycles. The number of rotatable bonds is 6. The molecule has 1 saturated carbocycles. The Hall–Kier alpha value is -1.42. The van der Waals surface area contributed by atoms with Crippen LogP contribution in [-0.4, -0.2) is 28.4 Å². The molecule has 4 heteroatoms. The summed E-state index contributed by atoms with van der Waals surface area (Å²) >= 11 is 0. The van der Waals surface area contributed by atoms with E-state index < -0.39 is 0 Å². The Morgan fingerprint density at radius 2 is 2.26 bits per heavy atom. The molecule has 1 aromatic rings. The van der Waals surface area contributed by atoms with E-state index in [0.29, 0.717) is 25.4 Å². The van der Waals surface area contributed by atoms with Crippen LogP contribution in [0.2, 0.25) is 0 Å². The molecule has 1 atom stereocenters. The first-order valence-electron chi connectivity index (χ1n) is 7.06. The molecule has 1 aliphatic carbocycles. The fourth-order valence-electron chi connectivity index (χ4n) is 2.28. The molecule has 0 spiro atoms. The van der Waals surface area contributed by atoms with E-state index in [9.17, 15) is 4.79 Å². The van der Waals surface area contributed by atoms with Gasteiger partial charge in [-0.25, -0.2) is 0 Å². The number of carbonyl (C=O) groups excluding carboxylic acids is 1. The Morgan fingerprint density at radius 3 is 2.84 bits per heavy atom. The van der Waals surface area contributed by atoms with Gasteiger partial charge >= 0.3 is 0 Å². The number of amides is 1. The van der Waals surface area contributed by atoms with Gasteiger partial charge in [-0.1, -0.05) is 6.07 Å². The minimum atomic E-state index is 0.0343. The van der Waals surface area contributed by atoms with Crippen molar-refractivity contribution in [2.75, 3.05) is 6.54 Å². The summed E-state index contributed by atoms with van der Waals surface area (Å²) in [6.07, 6.45) is 2.82. The van der Waals surface area contributed by atoms with Gasteiger partial charge in [0.05, 0.1) is 12.2 Å². The van der Waals surface area contributed by atoms with Crippen LogP contribution in [0, 0.1) is 12.8 Å². The molecule has 0 bridgehead atoms. The SMILES string of the molecule is CCN(Cc1cccc(C)n1)C(=O)CC(N)C1CC1. The summed E-state index contributed by atoms with van der Waals surface area (Å²) < 4.78 is 0. The van der Waals surface area contributed by atoms with Crippen LogP contribution in [-0.2, 0) is 11.3 Å². The highest BCUT2D eigenvalue weighted by Crippen LogP contribution is 2.33. The van der Waals surface area contributed by atoms with Gasteiger partial charge in [-0.3, -0.25) is 9.78 Å². The number of nitrogens with zero attached hydrogens (tertiary/aromatic N) is 2. The molecule has 0 saturated heterocycles. The van der Waals surface area contributed by atoms with Gasteiger partial charge in [-0.15, -0.1) is 0 Å². The first kappa shape index (κ1) is 14.0. The van der Waals surface area contributed by atoms with E-state index in [4.69, 9.17) is 5.73 Å². The Bertz CT molecular complexity index is 443. The number of aromatic nitrogens is 1. The van der Waals surface area contributed by atoms with Crippen LogP contribution < -0.4 is 5.73 Å². The van der Waals surface area contributed by atoms with E-state index in [1.54, 1.807) is 0 Å². The number of hydrogen-bond donors (Lipinski definition) is 1. The fourth-order valence-corrected chi connectivity index (χ4v) is 2.28. The lowest BCUT2D eigenvalue weighted by atomic mass is 10.1. The minimum Gasteiger partial charge on any atom is -0.337 e. The Labute approximate surface area is 115 Å². The molecule has 0 aliphatic heterocycles. The Kier molecular flexibility index (Phi) is 4.53. The maximum atomic E-state index is 12.2. The molecule has 1 amide bonds. The lowest BCUT2D eigenvalue weighted by molar-refractivity contribution is -0.132. The molecule has 4 nitrogen and oxygen atoms in total. The standard InChI is InChI=1S/C15H23N3O/c1-3-18(10-13-6-4-5-11(2)17-13)15(19)9-14(16)12-7-8-12/h4-6,12,14H,3,7-10,16H2,1-2H3. The molecule has 0 radical (unpaired) electrons. The summed E-state index contributed by atoms with van der Waals surface area (Å²) in [4.78, 5) is 18.5. The number of nitrogens with two attached hydrogens (primary N) is 1. The second-order valence-corrected chi connectivity index (χ2v) is 5.38. The monoisotopic (exact) mass is 261 g/mol. The third-order valence-corrected chi connectivity index (χ3v) is 3.67. The van der Waals surface area contributed by atoms with E-state index in [-0.39, 0.29) is 11.9 Å². The normalized spacial score (nSPS) is 16.2. The molecule has 104 valence electrons. The zero-order valence-corrected chi connectivity index (χ0v) is 11.8. The third-order valence-electron chi connectivity index (χ3n) is 3.67. The van der Waals surface area contributed by atoms with Gasteiger partial charge in [-0.2, -0.15) is 0 Å². The lowest BCUT2D eigenvalue weighted by Crippen LogP contribution is -2.36. The van der Waals surface area contributed by atoms with Gasteiger partial charge in [0.25, 0.3) is 0 Å². The predicted molar refractivity (Wildman–Crippen MR) is 75.4 cm³/mol. The molecule has 1 aliphatic rings. The molecule has 2 rings (SSSR count). The maximum Gasteiger partial charge on any atom is 0.224 e. The number of pyridine rings is 1. The molecule has 1 heterocycles. The van der Waals surface area contributed by atoms with Crippen molar-refractivity contribution in [2.45, 2.75) is 45.7 Å². The summed E-state index contributed by atoms with van der Waals surface area (Å²) in [5.74, 6) is 0.713. The molecule has 19 heavy (non-hydrogen) atoms. The largest absolute Gasteiger partial charge is 0.337 e. The quantitative estimate of drug-likeness (QED) is 0.850. The Balaban J connectivity index is 1.93. The van der Waals surface area contributed by atoms with Gasteiger partial charge in [0.2, 0.25) is 5.91 Å².